The molecule has 0 radical (unpaired) electrons. The molecule has 0 saturated carbocycles. The summed E-state index contributed by atoms with van der Waals surface area (Å²) in [5, 5.41) is 15.1. The summed E-state index contributed by atoms with van der Waals surface area (Å²) in [7, 11) is 0. The first-order valence-corrected chi connectivity index (χ1v) is 6.89. The summed E-state index contributed by atoms with van der Waals surface area (Å²) in [4.78, 5) is 0. The second-order valence-electron chi connectivity index (χ2n) is 5.07. The summed E-state index contributed by atoms with van der Waals surface area (Å²) < 4.78 is 0. The van der Waals surface area contributed by atoms with Gasteiger partial charge in [0.1, 0.15) is 0 Å². The van der Waals surface area contributed by atoms with E-state index in [-0.39, 0.29) is 6.10 Å². The SMILES string of the molecule is CCCC(O)c1cccc2cc3ccccc3cc12. The van der Waals surface area contributed by atoms with Crippen LogP contribution < -0.4 is 0 Å². The molecule has 3 aromatic rings. The van der Waals surface area contributed by atoms with Crippen molar-refractivity contribution in [2.24, 2.45) is 0 Å². The van der Waals surface area contributed by atoms with Crippen molar-refractivity contribution >= 4 is 21.5 Å². The van der Waals surface area contributed by atoms with E-state index >= 15 is 0 Å². The van der Waals surface area contributed by atoms with Crippen molar-refractivity contribution in [3.63, 3.8) is 0 Å². The van der Waals surface area contributed by atoms with E-state index in [1.54, 1.807) is 0 Å². The quantitative estimate of drug-likeness (QED) is 0.660. The zero-order valence-corrected chi connectivity index (χ0v) is 11.1. The highest BCUT2D eigenvalue weighted by Gasteiger charge is 2.10. The minimum atomic E-state index is -0.366. The first-order chi connectivity index (χ1) is 9.29. The van der Waals surface area contributed by atoms with Crippen LogP contribution in [-0.4, -0.2) is 5.11 Å². The second-order valence-corrected chi connectivity index (χ2v) is 5.07. The smallest absolute Gasteiger partial charge is 0.0796 e. The Morgan fingerprint density at radius 1 is 0.895 bits per heavy atom. The third-order valence-electron chi connectivity index (χ3n) is 3.70. The van der Waals surface area contributed by atoms with Crippen molar-refractivity contribution in [1.82, 2.24) is 0 Å². The number of rotatable bonds is 3. The summed E-state index contributed by atoms with van der Waals surface area (Å²) in [6.07, 6.45) is 1.44. The maximum atomic E-state index is 10.3. The van der Waals surface area contributed by atoms with Gasteiger partial charge in [-0.1, -0.05) is 55.8 Å². The van der Waals surface area contributed by atoms with E-state index in [1.165, 1.54) is 21.5 Å². The monoisotopic (exact) mass is 250 g/mol. The highest BCUT2D eigenvalue weighted by Crippen LogP contribution is 2.30. The lowest BCUT2D eigenvalue weighted by Gasteiger charge is -2.13. The fourth-order valence-electron chi connectivity index (χ4n) is 2.71. The van der Waals surface area contributed by atoms with Crippen molar-refractivity contribution in [2.45, 2.75) is 25.9 Å². The molecule has 1 N–H and O–H groups in total. The standard InChI is InChI=1S/C18H18O/c1-2-6-18(19)16-10-5-9-15-11-13-7-3-4-8-14(13)12-17(15)16/h3-5,7-12,18-19H,2,6H2,1H3. The van der Waals surface area contributed by atoms with E-state index in [1.807, 2.05) is 12.1 Å². The lowest BCUT2D eigenvalue weighted by atomic mass is 9.95. The first kappa shape index (κ1) is 12.2. The third-order valence-corrected chi connectivity index (χ3v) is 3.70. The van der Waals surface area contributed by atoms with Gasteiger partial charge in [0.05, 0.1) is 6.10 Å². The lowest BCUT2D eigenvalue weighted by molar-refractivity contribution is 0.168. The minimum Gasteiger partial charge on any atom is -0.388 e. The number of aliphatic hydroxyl groups excluding tert-OH is 1. The molecule has 19 heavy (non-hydrogen) atoms. The van der Waals surface area contributed by atoms with E-state index in [0.29, 0.717) is 0 Å². The van der Waals surface area contributed by atoms with Gasteiger partial charge >= 0.3 is 0 Å². The average molecular weight is 250 g/mol. The number of fused-ring (bicyclic) bond motifs is 2. The predicted octanol–water partition coefficient (Wildman–Crippen LogP) is 4.83. The van der Waals surface area contributed by atoms with E-state index in [9.17, 15) is 5.11 Å². The van der Waals surface area contributed by atoms with Gasteiger partial charge in [0.25, 0.3) is 0 Å². The summed E-state index contributed by atoms with van der Waals surface area (Å²) in [6.45, 7) is 2.10. The largest absolute Gasteiger partial charge is 0.388 e. The fraction of sp³-hybridized carbons (Fsp3) is 0.222. The molecule has 0 fully saturated rings. The molecule has 0 spiro atoms. The first-order valence-electron chi connectivity index (χ1n) is 6.89. The van der Waals surface area contributed by atoms with Gasteiger partial charge in [0, 0.05) is 0 Å². The van der Waals surface area contributed by atoms with Crippen molar-refractivity contribution in [3.05, 3.63) is 60.2 Å². The topological polar surface area (TPSA) is 20.2 Å². The van der Waals surface area contributed by atoms with Crippen LogP contribution in [0.2, 0.25) is 0 Å². The minimum absolute atomic E-state index is 0.366. The Bertz CT molecular complexity index is 715. The highest BCUT2D eigenvalue weighted by molar-refractivity contribution is 5.99. The van der Waals surface area contributed by atoms with E-state index in [2.05, 4.69) is 49.4 Å². The molecule has 0 aliphatic carbocycles. The van der Waals surface area contributed by atoms with Gasteiger partial charge in [-0.3, -0.25) is 0 Å². The van der Waals surface area contributed by atoms with Gasteiger partial charge < -0.3 is 5.11 Å². The van der Waals surface area contributed by atoms with Gasteiger partial charge in [0.15, 0.2) is 0 Å². The second kappa shape index (κ2) is 5.02. The molecule has 0 amide bonds. The molecule has 3 rings (SSSR count). The third kappa shape index (κ3) is 2.22. The van der Waals surface area contributed by atoms with Crippen LogP contribution in [0.1, 0.15) is 31.4 Å². The van der Waals surface area contributed by atoms with Crippen LogP contribution in [-0.2, 0) is 0 Å². The van der Waals surface area contributed by atoms with E-state index in [4.69, 9.17) is 0 Å². The fourth-order valence-corrected chi connectivity index (χ4v) is 2.71. The molecule has 0 aliphatic heterocycles. The van der Waals surface area contributed by atoms with Crippen LogP contribution in [0.5, 0.6) is 0 Å². The molecule has 1 heteroatoms. The summed E-state index contributed by atoms with van der Waals surface area (Å²) in [5.41, 5.74) is 1.05. The maximum absolute atomic E-state index is 10.3. The van der Waals surface area contributed by atoms with Crippen molar-refractivity contribution in [1.29, 1.82) is 0 Å². The molecule has 1 unspecified atom stereocenters. The van der Waals surface area contributed by atoms with Crippen LogP contribution in [0.3, 0.4) is 0 Å². The number of hydrogen-bond donors (Lipinski definition) is 1. The van der Waals surface area contributed by atoms with Crippen LogP contribution >= 0.6 is 0 Å². The van der Waals surface area contributed by atoms with E-state index in [0.717, 1.165) is 18.4 Å². The van der Waals surface area contributed by atoms with Gasteiger partial charge in [-0.15, -0.1) is 0 Å². The molecule has 0 bridgehead atoms. The Labute approximate surface area is 113 Å². The number of aliphatic hydroxyl groups is 1. The van der Waals surface area contributed by atoms with Gasteiger partial charge in [0.2, 0.25) is 0 Å². The average Bonchev–Trinajstić information content (AvgIpc) is 2.44. The normalized spacial score (nSPS) is 12.9. The maximum Gasteiger partial charge on any atom is 0.0796 e. The Balaban J connectivity index is 2.26. The zero-order chi connectivity index (χ0) is 13.2. The number of benzene rings is 3. The zero-order valence-electron chi connectivity index (χ0n) is 11.1. The lowest BCUT2D eigenvalue weighted by Crippen LogP contribution is -1.97. The molecular formula is C18H18O. The van der Waals surface area contributed by atoms with Crippen LogP contribution in [0, 0.1) is 0 Å². The van der Waals surface area contributed by atoms with Crippen molar-refractivity contribution in [3.8, 4) is 0 Å². The summed E-state index contributed by atoms with van der Waals surface area (Å²) >= 11 is 0. The van der Waals surface area contributed by atoms with Gasteiger partial charge in [-0.2, -0.15) is 0 Å². The highest BCUT2D eigenvalue weighted by atomic mass is 16.3. The van der Waals surface area contributed by atoms with Gasteiger partial charge in [-0.05, 0) is 45.7 Å². The summed E-state index contributed by atoms with van der Waals surface area (Å²) in [5.74, 6) is 0. The van der Waals surface area contributed by atoms with Crippen molar-refractivity contribution < 1.29 is 5.11 Å². The Hall–Kier alpha value is -1.86. The predicted molar refractivity (Wildman–Crippen MR) is 81.3 cm³/mol. The molecule has 3 aromatic carbocycles. The molecular weight excluding hydrogens is 232 g/mol. The Kier molecular flexibility index (Phi) is 3.22. The molecule has 1 atom stereocenters. The van der Waals surface area contributed by atoms with Crippen LogP contribution in [0.15, 0.2) is 54.6 Å². The Morgan fingerprint density at radius 2 is 1.58 bits per heavy atom. The number of hydrogen-bond acceptors (Lipinski definition) is 1. The van der Waals surface area contributed by atoms with Crippen LogP contribution in [0.25, 0.3) is 21.5 Å². The molecule has 96 valence electrons. The molecule has 0 heterocycles. The Morgan fingerprint density at radius 3 is 2.32 bits per heavy atom. The molecule has 0 aromatic heterocycles. The molecule has 0 saturated heterocycles. The van der Waals surface area contributed by atoms with E-state index < -0.39 is 0 Å². The molecule has 1 nitrogen and oxygen atoms in total. The van der Waals surface area contributed by atoms with Crippen LogP contribution in [0.4, 0.5) is 0 Å². The summed E-state index contributed by atoms with van der Waals surface area (Å²) in [6, 6.07) is 18.9. The molecule has 0 aliphatic rings. The van der Waals surface area contributed by atoms with Crippen molar-refractivity contribution in [2.75, 3.05) is 0 Å². The van der Waals surface area contributed by atoms with Gasteiger partial charge in [-0.25, -0.2) is 0 Å².